The maximum atomic E-state index is 11.6. The maximum absolute atomic E-state index is 11.6. The molecule has 0 aromatic carbocycles. The van der Waals surface area contributed by atoms with Crippen molar-refractivity contribution in [2.24, 2.45) is 5.92 Å². The van der Waals surface area contributed by atoms with E-state index >= 15 is 0 Å². The molecule has 0 radical (unpaired) electrons. The molecule has 0 saturated carbocycles. The van der Waals surface area contributed by atoms with Gasteiger partial charge in [0.2, 0.25) is 0 Å². The van der Waals surface area contributed by atoms with Crippen LogP contribution in [0.25, 0.3) is 0 Å². The van der Waals surface area contributed by atoms with Crippen molar-refractivity contribution in [3.63, 3.8) is 0 Å². The zero-order valence-corrected chi connectivity index (χ0v) is 13.7. The molecule has 4 nitrogen and oxygen atoms in total. The summed E-state index contributed by atoms with van der Waals surface area (Å²) in [6.45, 7) is 2.18. The Labute approximate surface area is 124 Å². The number of hydrogen-bond acceptors (Lipinski definition) is 4. The molecule has 0 rings (SSSR count). The first-order chi connectivity index (χ1) is 9.04. The number of alkyl halides is 1. The van der Waals surface area contributed by atoms with Gasteiger partial charge in [-0.15, -0.1) is 0 Å². The van der Waals surface area contributed by atoms with Gasteiger partial charge in [-0.3, -0.25) is 9.59 Å². The van der Waals surface area contributed by atoms with Crippen LogP contribution in [-0.2, 0) is 19.1 Å². The van der Waals surface area contributed by atoms with Gasteiger partial charge >= 0.3 is 11.9 Å². The fourth-order valence-electron chi connectivity index (χ4n) is 1.93. The highest BCUT2D eigenvalue weighted by molar-refractivity contribution is 9.09. The van der Waals surface area contributed by atoms with Crippen molar-refractivity contribution < 1.29 is 19.1 Å². The second-order valence-electron chi connectivity index (χ2n) is 4.68. The Morgan fingerprint density at radius 1 is 1.11 bits per heavy atom. The van der Waals surface area contributed by atoms with E-state index in [-0.39, 0.29) is 23.2 Å². The molecule has 0 aromatic heterocycles. The summed E-state index contributed by atoms with van der Waals surface area (Å²) >= 11 is 3.58. The Hall–Kier alpha value is -0.580. The highest BCUT2D eigenvalue weighted by Crippen LogP contribution is 2.23. The number of rotatable bonds is 10. The van der Waals surface area contributed by atoms with Crippen LogP contribution < -0.4 is 0 Å². The van der Waals surface area contributed by atoms with Gasteiger partial charge < -0.3 is 9.47 Å². The lowest BCUT2D eigenvalue weighted by Gasteiger charge is -2.17. The predicted molar refractivity (Wildman–Crippen MR) is 78.2 cm³/mol. The van der Waals surface area contributed by atoms with Crippen LogP contribution in [0, 0.1) is 5.92 Å². The van der Waals surface area contributed by atoms with Gasteiger partial charge in [-0.1, -0.05) is 48.5 Å². The van der Waals surface area contributed by atoms with Crippen LogP contribution in [0.2, 0.25) is 0 Å². The lowest BCUT2D eigenvalue weighted by molar-refractivity contribution is -0.152. The summed E-state index contributed by atoms with van der Waals surface area (Å²) in [7, 11) is 2.67. The van der Waals surface area contributed by atoms with E-state index in [1.165, 1.54) is 33.5 Å². The number of methoxy groups -OCH3 is 2. The van der Waals surface area contributed by atoms with Gasteiger partial charge in [0.1, 0.15) is 0 Å². The largest absolute Gasteiger partial charge is 0.469 e. The minimum absolute atomic E-state index is 0.0836. The normalized spacial score (nSPS) is 13.7. The summed E-state index contributed by atoms with van der Waals surface area (Å²) in [5.41, 5.74) is 0. The highest BCUT2D eigenvalue weighted by atomic mass is 79.9. The molecule has 0 aromatic rings. The second-order valence-corrected chi connectivity index (χ2v) is 5.98. The van der Waals surface area contributed by atoms with Gasteiger partial charge in [0.15, 0.2) is 0 Å². The third kappa shape index (κ3) is 9.03. The number of ether oxygens (including phenoxy) is 2. The Morgan fingerprint density at radius 3 is 2.32 bits per heavy atom. The minimum atomic E-state index is -0.423. The second kappa shape index (κ2) is 11.3. The number of carbonyl (C=O) groups is 2. The van der Waals surface area contributed by atoms with E-state index in [1.807, 2.05) is 0 Å². The SMILES string of the molecule is CCCCCCC(Br)CC(CC(=O)OC)C(=O)OC. The first-order valence-corrected chi connectivity index (χ1v) is 7.75. The van der Waals surface area contributed by atoms with Gasteiger partial charge in [-0.25, -0.2) is 0 Å². The standard InChI is InChI=1S/C14H25BrO4/c1-4-5-6-7-8-12(15)9-11(14(17)19-3)10-13(16)18-2/h11-12H,4-10H2,1-3H3. The molecule has 2 atom stereocenters. The third-order valence-corrected chi connectivity index (χ3v) is 3.92. The van der Waals surface area contributed by atoms with Crippen LogP contribution in [0.4, 0.5) is 0 Å². The van der Waals surface area contributed by atoms with Gasteiger partial charge in [0, 0.05) is 4.83 Å². The summed E-state index contributed by atoms with van der Waals surface area (Å²) in [5.74, 6) is -1.14. The minimum Gasteiger partial charge on any atom is -0.469 e. The summed E-state index contributed by atoms with van der Waals surface area (Å²) in [5, 5.41) is 0. The molecule has 112 valence electrons. The van der Waals surface area contributed by atoms with Crippen molar-refractivity contribution in [1.82, 2.24) is 0 Å². The van der Waals surface area contributed by atoms with Gasteiger partial charge in [-0.2, -0.15) is 0 Å². The van der Waals surface area contributed by atoms with Crippen LogP contribution in [0.3, 0.4) is 0 Å². The van der Waals surface area contributed by atoms with E-state index < -0.39 is 5.92 Å². The van der Waals surface area contributed by atoms with Gasteiger partial charge in [0.25, 0.3) is 0 Å². The van der Waals surface area contributed by atoms with E-state index in [9.17, 15) is 9.59 Å². The predicted octanol–water partition coefficient (Wildman–Crippen LogP) is 3.46. The molecule has 0 amide bonds. The molecule has 0 spiro atoms. The van der Waals surface area contributed by atoms with E-state index in [1.54, 1.807) is 0 Å². The van der Waals surface area contributed by atoms with E-state index in [0.29, 0.717) is 6.42 Å². The van der Waals surface area contributed by atoms with Crippen LogP contribution in [-0.4, -0.2) is 31.0 Å². The molecular weight excluding hydrogens is 312 g/mol. The Kier molecular flexibility index (Phi) is 10.9. The van der Waals surface area contributed by atoms with Crippen LogP contribution in [0.15, 0.2) is 0 Å². The molecule has 0 N–H and O–H groups in total. The summed E-state index contributed by atoms with van der Waals surface area (Å²) in [6.07, 6.45) is 6.49. The van der Waals surface area contributed by atoms with Crippen LogP contribution >= 0.6 is 15.9 Å². The molecule has 19 heavy (non-hydrogen) atoms. The molecule has 0 fully saturated rings. The maximum Gasteiger partial charge on any atom is 0.309 e. The summed E-state index contributed by atoms with van der Waals surface area (Å²) in [4.78, 5) is 23.1. The number of carbonyl (C=O) groups excluding carboxylic acids is 2. The lowest BCUT2D eigenvalue weighted by atomic mass is 9.97. The van der Waals surface area contributed by atoms with Crippen molar-refractivity contribution in [3.8, 4) is 0 Å². The van der Waals surface area contributed by atoms with Gasteiger partial charge in [0.05, 0.1) is 26.6 Å². The Bertz CT molecular complexity index is 268. The van der Waals surface area contributed by atoms with Crippen molar-refractivity contribution in [3.05, 3.63) is 0 Å². The zero-order chi connectivity index (χ0) is 14.7. The first kappa shape index (κ1) is 18.4. The van der Waals surface area contributed by atoms with Crippen molar-refractivity contribution in [2.75, 3.05) is 14.2 Å². The third-order valence-electron chi connectivity index (χ3n) is 3.09. The van der Waals surface area contributed by atoms with Crippen molar-refractivity contribution in [1.29, 1.82) is 0 Å². The Balaban J connectivity index is 4.15. The molecule has 0 saturated heterocycles. The van der Waals surface area contributed by atoms with Crippen molar-refractivity contribution >= 4 is 27.9 Å². The average molecular weight is 337 g/mol. The number of hydrogen-bond donors (Lipinski definition) is 0. The van der Waals surface area contributed by atoms with E-state index in [2.05, 4.69) is 27.6 Å². The summed E-state index contributed by atoms with van der Waals surface area (Å²) in [6, 6.07) is 0. The summed E-state index contributed by atoms with van der Waals surface area (Å²) < 4.78 is 9.34. The number of halogens is 1. The molecule has 0 aliphatic heterocycles. The Morgan fingerprint density at radius 2 is 1.79 bits per heavy atom. The van der Waals surface area contributed by atoms with Crippen molar-refractivity contribution in [2.45, 2.75) is 56.7 Å². The topological polar surface area (TPSA) is 52.6 Å². The lowest BCUT2D eigenvalue weighted by Crippen LogP contribution is -2.23. The molecule has 0 bridgehead atoms. The molecule has 0 aliphatic carbocycles. The monoisotopic (exact) mass is 336 g/mol. The van der Waals surface area contributed by atoms with Gasteiger partial charge in [-0.05, 0) is 12.8 Å². The highest BCUT2D eigenvalue weighted by Gasteiger charge is 2.25. The quantitative estimate of drug-likeness (QED) is 0.348. The van der Waals surface area contributed by atoms with E-state index in [0.717, 1.165) is 12.8 Å². The molecule has 5 heteroatoms. The fraction of sp³-hybridized carbons (Fsp3) is 0.857. The van der Waals surface area contributed by atoms with E-state index in [4.69, 9.17) is 4.74 Å². The molecule has 0 aliphatic rings. The fourth-order valence-corrected chi connectivity index (χ4v) is 2.71. The number of esters is 2. The molecular formula is C14H25BrO4. The van der Waals surface area contributed by atoms with Crippen LogP contribution in [0.1, 0.15) is 51.9 Å². The molecule has 0 heterocycles. The smallest absolute Gasteiger partial charge is 0.309 e. The van der Waals surface area contributed by atoms with Crippen LogP contribution in [0.5, 0.6) is 0 Å². The zero-order valence-electron chi connectivity index (χ0n) is 12.1. The average Bonchev–Trinajstić information content (AvgIpc) is 2.41. The number of unbranched alkanes of at least 4 members (excludes halogenated alkanes) is 3. The first-order valence-electron chi connectivity index (χ1n) is 6.83. The molecule has 2 unspecified atom stereocenters.